The molecule has 8 heteroatoms. The molecule has 4 amide bonds. The molecule has 2 aliphatic rings. The van der Waals surface area contributed by atoms with E-state index in [2.05, 4.69) is 16.4 Å². The molecule has 0 spiro atoms. The molecule has 2 N–H and O–H groups in total. The molecule has 1 aromatic heterocycles. The van der Waals surface area contributed by atoms with Crippen LogP contribution in [0.15, 0.2) is 97.1 Å². The average Bonchev–Trinajstić information content (AvgIpc) is 3.54. The minimum absolute atomic E-state index is 0.278. The number of fused-ring (bicyclic) bond motifs is 4. The van der Waals surface area contributed by atoms with Gasteiger partial charge < -0.3 is 15.0 Å². The Labute approximate surface area is 255 Å². The van der Waals surface area contributed by atoms with Crippen molar-refractivity contribution in [1.82, 2.24) is 15.2 Å². The first-order valence-electron chi connectivity index (χ1n) is 14.8. The third-order valence-electron chi connectivity index (χ3n) is 8.78. The second-order valence-corrected chi connectivity index (χ2v) is 11.3. The van der Waals surface area contributed by atoms with Gasteiger partial charge in [-0.05, 0) is 65.9 Å². The number of ether oxygens (including phenoxy) is 1. The number of carbonyl (C=O) groups is 3. The Balaban J connectivity index is 1.22. The predicted octanol–water partition coefficient (Wildman–Crippen LogP) is 5.94. The average molecular weight is 585 g/mol. The number of rotatable bonds is 7. The lowest BCUT2D eigenvalue weighted by molar-refractivity contribution is -0.120. The summed E-state index contributed by atoms with van der Waals surface area (Å²) in [7, 11) is 1.62. The van der Waals surface area contributed by atoms with Gasteiger partial charge in [-0.1, -0.05) is 66.7 Å². The first kappa shape index (κ1) is 27.5. The van der Waals surface area contributed by atoms with Gasteiger partial charge in [0, 0.05) is 29.6 Å². The lowest BCUT2D eigenvalue weighted by atomic mass is 9.87. The van der Waals surface area contributed by atoms with Crippen molar-refractivity contribution in [3.05, 3.63) is 131 Å². The molecule has 0 bridgehead atoms. The molecule has 7 rings (SSSR count). The van der Waals surface area contributed by atoms with Crippen LogP contribution in [0.25, 0.3) is 10.9 Å². The number of H-pyrrole nitrogens is 1. The highest BCUT2D eigenvalue weighted by atomic mass is 16.5. The molecule has 0 unspecified atom stereocenters. The zero-order valence-electron chi connectivity index (χ0n) is 24.5. The minimum atomic E-state index is -0.704. The second kappa shape index (κ2) is 11.0. The van der Waals surface area contributed by atoms with Crippen molar-refractivity contribution in [1.29, 1.82) is 0 Å². The van der Waals surface area contributed by atoms with Gasteiger partial charge in [0.15, 0.2) is 0 Å². The first-order valence-corrected chi connectivity index (χ1v) is 14.8. The fraction of sp³-hybridized carbons (Fsp3) is 0.194. The molecule has 5 aromatic rings. The van der Waals surface area contributed by atoms with Crippen LogP contribution < -0.4 is 15.0 Å². The Morgan fingerprint density at radius 2 is 1.66 bits per heavy atom. The van der Waals surface area contributed by atoms with Gasteiger partial charge in [-0.2, -0.15) is 0 Å². The van der Waals surface area contributed by atoms with Crippen LogP contribution in [-0.2, 0) is 17.6 Å². The Morgan fingerprint density at radius 3 is 2.45 bits per heavy atom. The fourth-order valence-corrected chi connectivity index (χ4v) is 6.58. The van der Waals surface area contributed by atoms with Gasteiger partial charge in [0.05, 0.1) is 18.4 Å². The maximum Gasteiger partial charge on any atom is 0.332 e. The van der Waals surface area contributed by atoms with Crippen molar-refractivity contribution < 1.29 is 19.1 Å². The normalized spacial score (nSPS) is 17.5. The summed E-state index contributed by atoms with van der Waals surface area (Å²) in [5.41, 5.74) is 6.54. The highest BCUT2D eigenvalue weighted by Gasteiger charge is 2.53. The van der Waals surface area contributed by atoms with Crippen molar-refractivity contribution >= 4 is 34.4 Å². The Bertz CT molecular complexity index is 1910. The van der Waals surface area contributed by atoms with Gasteiger partial charge in [-0.15, -0.1) is 0 Å². The predicted molar refractivity (Wildman–Crippen MR) is 169 cm³/mol. The number of hydrogen-bond acceptors (Lipinski definition) is 4. The topological polar surface area (TPSA) is 94.7 Å². The molecule has 0 saturated carbocycles. The van der Waals surface area contributed by atoms with Gasteiger partial charge in [0.2, 0.25) is 0 Å². The first-order chi connectivity index (χ1) is 21.5. The van der Waals surface area contributed by atoms with Crippen LogP contribution >= 0.6 is 0 Å². The molecule has 2 aliphatic heterocycles. The van der Waals surface area contributed by atoms with E-state index in [0.717, 1.165) is 44.6 Å². The van der Waals surface area contributed by atoms with E-state index in [4.69, 9.17) is 4.74 Å². The van der Waals surface area contributed by atoms with E-state index < -0.39 is 18.1 Å². The zero-order valence-corrected chi connectivity index (χ0v) is 24.5. The summed E-state index contributed by atoms with van der Waals surface area (Å²) in [6.45, 7) is 2.42. The van der Waals surface area contributed by atoms with E-state index in [1.165, 1.54) is 4.90 Å². The number of imide groups is 1. The number of aryl methyl sites for hydroxylation is 1. The standard InChI is InChI=1S/C36H32N4O4/c1-22-9-3-4-10-25(22)33-32-28(26-11-5-7-13-29(26)38-32)21-31-35(42)40(36(43)39(31)33)30-14-8-6-12-27(30)34(41)37-20-19-23-15-17-24(44-2)18-16-23/h3-18,31,33,38H,19-21H2,1-2H3,(H,37,41)/t31-,33+/m0/s1. The molecule has 0 aliphatic carbocycles. The fourth-order valence-electron chi connectivity index (χ4n) is 6.58. The summed E-state index contributed by atoms with van der Waals surface area (Å²) in [6.07, 6.45) is 1.01. The summed E-state index contributed by atoms with van der Waals surface area (Å²) in [5.74, 6) is 0.0994. The molecular formula is C36H32N4O4. The third-order valence-corrected chi connectivity index (χ3v) is 8.78. The molecule has 4 aromatic carbocycles. The van der Waals surface area contributed by atoms with Gasteiger partial charge >= 0.3 is 6.03 Å². The van der Waals surface area contributed by atoms with Gasteiger partial charge in [-0.3, -0.25) is 14.5 Å². The summed E-state index contributed by atoms with van der Waals surface area (Å²) in [6, 6.07) is 28.9. The van der Waals surface area contributed by atoms with Crippen LogP contribution in [0.5, 0.6) is 5.75 Å². The minimum Gasteiger partial charge on any atom is -0.497 e. The van der Waals surface area contributed by atoms with Crippen molar-refractivity contribution in [2.24, 2.45) is 0 Å². The number of urea groups is 1. The zero-order chi connectivity index (χ0) is 30.4. The Kier molecular flexibility index (Phi) is 6.89. The maximum atomic E-state index is 14.4. The number of para-hydroxylation sites is 2. The Hall–Kier alpha value is -5.37. The van der Waals surface area contributed by atoms with E-state index in [9.17, 15) is 14.4 Å². The number of nitrogens with zero attached hydrogens (tertiary/aromatic N) is 2. The highest BCUT2D eigenvalue weighted by molar-refractivity contribution is 6.24. The molecule has 1 saturated heterocycles. The van der Waals surface area contributed by atoms with E-state index >= 15 is 0 Å². The number of nitrogens with one attached hydrogen (secondary N) is 2. The number of aromatic nitrogens is 1. The molecular weight excluding hydrogens is 552 g/mol. The number of carbonyl (C=O) groups excluding carboxylic acids is 3. The summed E-state index contributed by atoms with van der Waals surface area (Å²) in [5, 5.41) is 4.02. The Morgan fingerprint density at radius 1 is 0.932 bits per heavy atom. The van der Waals surface area contributed by atoms with Crippen molar-refractivity contribution in [3.63, 3.8) is 0 Å². The maximum absolute atomic E-state index is 14.4. The molecule has 3 heterocycles. The number of hydrogen-bond donors (Lipinski definition) is 2. The smallest absolute Gasteiger partial charge is 0.332 e. The third kappa shape index (κ3) is 4.50. The van der Waals surface area contributed by atoms with Crippen molar-refractivity contribution in [3.8, 4) is 5.75 Å². The lowest BCUT2D eigenvalue weighted by Gasteiger charge is -2.36. The van der Waals surface area contributed by atoms with Crippen LogP contribution in [0.3, 0.4) is 0 Å². The van der Waals surface area contributed by atoms with E-state index in [0.29, 0.717) is 19.4 Å². The summed E-state index contributed by atoms with van der Waals surface area (Å²) in [4.78, 5) is 48.5. The van der Waals surface area contributed by atoms with Crippen LogP contribution in [0.2, 0.25) is 0 Å². The highest BCUT2D eigenvalue weighted by Crippen LogP contribution is 2.45. The molecule has 1 fully saturated rings. The monoisotopic (exact) mass is 584 g/mol. The van der Waals surface area contributed by atoms with Gasteiger partial charge in [0.25, 0.3) is 11.8 Å². The van der Waals surface area contributed by atoms with Gasteiger partial charge in [-0.25, -0.2) is 9.69 Å². The van der Waals surface area contributed by atoms with E-state index in [1.54, 1.807) is 36.3 Å². The summed E-state index contributed by atoms with van der Waals surface area (Å²) < 4.78 is 5.22. The molecule has 8 nitrogen and oxygen atoms in total. The van der Waals surface area contributed by atoms with Crippen molar-refractivity contribution in [2.45, 2.75) is 31.8 Å². The number of aromatic amines is 1. The summed E-state index contributed by atoms with van der Waals surface area (Å²) >= 11 is 0. The lowest BCUT2D eigenvalue weighted by Crippen LogP contribution is -2.44. The SMILES string of the molecule is COc1ccc(CCNC(=O)c2ccccc2N2C(=O)[C@@H]3Cc4c([nH]c5ccccc45)[C@@H](c4ccccc4C)N3C2=O)cc1. The van der Waals surface area contributed by atoms with Crippen LogP contribution in [-0.4, -0.2) is 47.4 Å². The van der Waals surface area contributed by atoms with Crippen molar-refractivity contribution in [2.75, 3.05) is 18.6 Å². The van der Waals surface area contributed by atoms with E-state index in [-0.39, 0.29) is 23.1 Å². The molecule has 220 valence electrons. The number of anilines is 1. The largest absolute Gasteiger partial charge is 0.497 e. The molecule has 44 heavy (non-hydrogen) atoms. The molecule has 0 radical (unpaired) electrons. The number of benzene rings is 4. The van der Waals surface area contributed by atoms with Crippen LogP contribution in [0, 0.1) is 6.92 Å². The van der Waals surface area contributed by atoms with E-state index in [1.807, 2.05) is 73.7 Å². The number of methoxy groups -OCH3 is 1. The quantitative estimate of drug-likeness (QED) is 0.232. The number of amides is 4. The molecule has 2 atom stereocenters. The van der Waals surface area contributed by atoms with Crippen LogP contribution in [0.4, 0.5) is 10.5 Å². The van der Waals surface area contributed by atoms with Crippen LogP contribution in [0.1, 0.15) is 44.3 Å². The second-order valence-electron chi connectivity index (χ2n) is 11.3. The van der Waals surface area contributed by atoms with Gasteiger partial charge in [0.1, 0.15) is 17.8 Å².